The van der Waals surface area contributed by atoms with Crippen LogP contribution >= 0.6 is 11.6 Å². The number of halogens is 1. The summed E-state index contributed by atoms with van der Waals surface area (Å²) in [5.74, 6) is 0.731. The Morgan fingerprint density at radius 3 is 2.62 bits per heavy atom. The molecule has 0 aliphatic carbocycles. The van der Waals surface area contributed by atoms with Crippen LogP contribution in [0.3, 0.4) is 0 Å². The summed E-state index contributed by atoms with van der Waals surface area (Å²) in [7, 11) is 0. The largest absolute Gasteiger partial charge is 0.478 e. The van der Waals surface area contributed by atoms with Crippen LogP contribution in [0.25, 0.3) is 5.95 Å². The summed E-state index contributed by atoms with van der Waals surface area (Å²) in [5, 5.41) is 7.73. The number of aromatic nitrogens is 4. The van der Waals surface area contributed by atoms with Gasteiger partial charge >= 0.3 is 0 Å². The molecule has 0 bridgehead atoms. The third-order valence-electron chi connectivity index (χ3n) is 4.15. The van der Waals surface area contributed by atoms with E-state index in [1.807, 2.05) is 6.92 Å². The van der Waals surface area contributed by atoms with Gasteiger partial charge in [-0.05, 0) is 51.5 Å². The van der Waals surface area contributed by atoms with Crippen molar-refractivity contribution in [2.45, 2.75) is 39.7 Å². The van der Waals surface area contributed by atoms with E-state index in [1.54, 1.807) is 51.1 Å². The first-order chi connectivity index (χ1) is 13.7. The third kappa shape index (κ3) is 4.83. The molecule has 0 fully saturated rings. The number of nitrogens with zero attached hydrogens (tertiary/aromatic N) is 3. The monoisotopic (exact) mass is 415 g/mol. The Kier molecular flexibility index (Phi) is 5.74. The molecule has 0 atom stereocenters. The van der Waals surface area contributed by atoms with E-state index in [0.29, 0.717) is 34.4 Å². The standard InChI is InChI=1S/C20H22ClN5O3/c1-5-14-11-17(27)24-19(22-14)26-16(10-12(2)25-26)23-18(28)20(3,4)29-15-8-6-13(21)7-9-15/h6-11H,5H2,1-4H3,(H,23,28)(H,22,24,27). The number of anilines is 1. The van der Waals surface area contributed by atoms with Gasteiger partial charge in [0.2, 0.25) is 5.95 Å². The van der Waals surface area contributed by atoms with Crippen LogP contribution in [0.1, 0.15) is 32.2 Å². The Balaban J connectivity index is 1.86. The average molecular weight is 416 g/mol. The number of carbonyl (C=O) groups excluding carboxylic acids is 1. The number of hydrogen-bond acceptors (Lipinski definition) is 5. The van der Waals surface area contributed by atoms with Gasteiger partial charge in [-0.25, -0.2) is 4.98 Å². The summed E-state index contributed by atoms with van der Waals surface area (Å²) in [6, 6.07) is 9.88. The lowest BCUT2D eigenvalue weighted by atomic mass is 10.1. The highest BCUT2D eigenvalue weighted by atomic mass is 35.5. The minimum Gasteiger partial charge on any atom is -0.478 e. The number of hydrogen-bond donors (Lipinski definition) is 2. The molecule has 2 aromatic heterocycles. The second-order valence-corrected chi connectivity index (χ2v) is 7.45. The average Bonchev–Trinajstić information content (AvgIpc) is 3.03. The van der Waals surface area contributed by atoms with Gasteiger partial charge in [0.05, 0.1) is 5.69 Å². The number of aryl methyl sites for hydroxylation is 2. The molecule has 1 amide bonds. The van der Waals surface area contributed by atoms with Crippen molar-refractivity contribution < 1.29 is 9.53 Å². The summed E-state index contributed by atoms with van der Waals surface area (Å²) in [6.45, 7) is 6.99. The zero-order chi connectivity index (χ0) is 21.2. The first kappa shape index (κ1) is 20.6. The molecule has 2 heterocycles. The molecule has 0 aliphatic heterocycles. The minimum absolute atomic E-state index is 0.231. The van der Waals surface area contributed by atoms with E-state index in [0.717, 1.165) is 0 Å². The fraction of sp³-hybridized carbons (Fsp3) is 0.300. The number of H-pyrrole nitrogens is 1. The van der Waals surface area contributed by atoms with E-state index >= 15 is 0 Å². The topological polar surface area (TPSA) is 102 Å². The molecule has 9 heteroatoms. The zero-order valence-corrected chi connectivity index (χ0v) is 17.4. The molecule has 152 valence electrons. The van der Waals surface area contributed by atoms with Gasteiger partial charge in [-0.1, -0.05) is 18.5 Å². The molecule has 3 aromatic rings. The smallest absolute Gasteiger partial charge is 0.269 e. The third-order valence-corrected chi connectivity index (χ3v) is 4.40. The molecule has 0 aliphatic rings. The minimum atomic E-state index is -1.18. The lowest BCUT2D eigenvalue weighted by molar-refractivity contribution is -0.128. The first-order valence-electron chi connectivity index (χ1n) is 9.11. The van der Waals surface area contributed by atoms with Crippen LogP contribution in [-0.2, 0) is 11.2 Å². The van der Waals surface area contributed by atoms with Gasteiger partial charge in [0.1, 0.15) is 11.6 Å². The molecule has 0 spiro atoms. The molecular weight excluding hydrogens is 394 g/mol. The fourth-order valence-electron chi connectivity index (χ4n) is 2.64. The molecule has 1 aromatic carbocycles. The zero-order valence-electron chi connectivity index (χ0n) is 16.6. The normalized spacial score (nSPS) is 11.3. The SMILES string of the molecule is CCc1cc(=O)[nH]c(-n2nc(C)cc2NC(=O)C(C)(C)Oc2ccc(Cl)cc2)n1. The molecule has 8 nitrogen and oxygen atoms in total. The van der Waals surface area contributed by atoms with Crippen molar-refractivity contribution in [3.63, 3.8) is 0 Å². The van der Waals surface area contributed by atoms with Crippen molar-refractivity contribution >= 4 is 23.3 Å². The van der Waals surface area contributed by atoms with Crippen LogP contribution in [0.5, 0.6) is 5.75 Å². The molecule has 29 heavy (non-hydrogen) atoms. The van der Waals surface area contributed by atoms with Crippen molar-refractivity contribution in [3.8, 4) is 11.7 Å². The highest BCUT2D eigenvalue weighted by molar-refractivity contribution is 6.30. The Morgan fingerprint density at radius 2 is 1.97 bits per heavy atom. The maximum absolute atomic E-state index is 12.9. The van der Waals surface area contributed by atoms with Crippen molar-refractivity contribution in [3.05, 3.63) is 63.2 Å². The van der Waals surface area contributed by atoms with Gasteiger partial charge in [0.15, 0.2) is 5.60 Å². The Labute approximate surface area is 172 Å². The van der Waals surface area contributed by atoms with E-state index in [1.165, 1.54) is 10.7 Å². The van der Waals surface area contributed by atoms with Gasteiger partial charge in [0.25, 0.3) is 11.5 Å². The van der Waals surface area contributed by atoms with Gasteiger partial charge < -0.3 is 10.1 Å². The van der Waals surface area contributed by atoms with Crippen molar-refractivity contribution in [1.29, 1.82) is 0 Å². The van der Waals surface area contributed by atoms with Gasteiger partial charge in [-0.15, -0.1) is 0 Å². The summed E-state index contributed by atoms with van der Waals surface area (Å²) in [6.07, 6.45) is 0.598. The molecule has 2 N–H and O–H groups in total. The highest BCUT2D eigenvalue weighted by Gasteiger charge is 2.31. The van der Waals surface area contributed by atoms with E-state index in [4.69, 9.17) is 16.3 Å². The molecule has 0 radical (unpaired) electrons. The van der Waals surface area contributed by atoms with Crippen LogP contribution < -0.4 is 15.6 Å². The number of ether oxygens (including phenoxy) is 1. The predicted octanol–water partition coefficient (Wildman–Crippen LogP) is 3.28. The summed E-state index contributed by atoms with van der Waals surface area (Å²) >= 11 is 5.89. The number of benzene rings is 1. The highest BCUT2D eigenvalue weighted by Crippen LogP contribution is 2.23. The number of carbonyl (C=O) groups is 1. The predicted molar refractivity (Wildman–Crippen MR) is 111 cm³/mol. The van der Waals surface area contributed by atoms with Crippen LogP contribution in [0, 0.1) is 6.92 Å². The number of rotatable bonds is 6. The van der Waals surface area contributed by atoms with Crippen LogP contribution in [0.4, 0.5) is 5.82 Å². The van der Waals surface area contributed by atoms with E-state index in [2.05, 4.69) is 20.4 Å². The van der Waals surface area contributed by atoms with E-state index in [9.17, 15) is 9.59 Å². The lowest BCUT2D eigenvalue weighted by Gasteiger charge is -2.25. The van der Waals surface area contributed by atoms with E-state index in [-0.39, 0.29) is 17.4 Å². The quantitative estimate of drug-likeness (QED) is 0.643. The van der Waals surface area contributed by atoms with Gasteiger partial charge in [0, 0.05) is 22.8 Å². The fourth-order valence-corrected chi connectivity index (χ4v) is 2.76. The molecule has 0 saturated carbocycles. The van der Waals surface area contributed by atoms with Crippen LogP contribution in [-0.4, -0.2) is 31.3 Å². The Hall–Kier alpha value is -3.13. The van der Waals surface area contributed by atoms with Gasteiger partial charge in [-0.3, -0.25) is 14.6 Å². The molecule has 0 saturated heterocycles. The number of nitrogens with one attached hydrogen (secondary N) is 2. The molecule has 0 unspecified atom stereocenters. The maximum atomic E-state index is 12.9. The second-order valence-electron chi connectivity index (χ2n) is 7.02. The van der Waals surface area contributed by atoms with E-state index < -0.39 is 5.60 Å². The number of aromatic amines is 1. The van der Waals surface area contributed by atoms with Crippen molar-refractivity contribution in [2.75, 3.05) is 5.32 Å². The molecule has 3 rings (SSSR count). The summed E-state index contributed by atoms with van der Waals surface area (Å²) in [4.78, 5) is 31.8. The maximum Gasteiger partial charge on any atom is 0.269 e. The Bertz CT molecular complexity index is 1090. The van der Waals surface area contributed by atoms with Crippen molar-refractivity contribution in [2.24, 2.45) is 0 Å². The van der Waals surface area contributed by atoms with Crippen LogP contribution in [0.15, 0.2) is 41.2 Å². The van der Waals surface area contributed by atoms with Gasteiger partial charge in [-0.2, -0.15) is 9.78 Å². The lowest BCUT2D eigenvalue weighted by Crippen LogP contribution is -2.43. The summed E-state index contributed by atoms with van der Waals surface area (Å²) < 4.78 is 7.22. The first-order valence-corrected chi connectivity index (χ1v) is 9.49. The molecular formula is C20H22ClN5O3. The van der Waals surface area contributed by atoms with Crippen molar-refractivity contribution in [1.82, 2.24) is 19.7 Å². The second kappa shape index (κ2) is 8.08. The van der Waals surface area contributed by atoms with Crippen LogP contribution in [0.2, 0.25) is 5.02 Å². The Morgan fingerprint density at radius 1 is 1.28 bits per heavy atom. The summed E-state index contributed by atoms with van der Waals surface area (Å²) in [5.41, 5.74) is -0.186. The number of amides is 1.